The molecule has 1 aromatic heterocycles. The number of carboxylic acid groups (broad SMARTS) is 1. The quantitative estimate of drug-likeness (QED) is 0.605. The van der Waals surface area contributed by atoms with Crippen molar-refractivity contribution < 1.29 is 24.2 Å². The molecule has 1 heterocycles. The van der Waals surface area contributed by atoms with Crippen LogP contribution in [-0.2, 0) is 16.0 Å². The molecule has 0 saturated heterocycles. The van der Waals surface area contributed by atoms with Crippen LogP contribution in [0.1, 0.15) is 5.76 Å². The Morgan fingerprint density at radius 3 is 2.73 bits per heavy atom. The van der Waals surface area contributed by atoms with Crippen molar-refractivity contribution in [3.63, 3.8) is 0 Å². The van der Waals surface area contributed by atoms with Gasteiger partial charge in [0.25, 0.3) is 0 Å². The molecule has 6 heteroatoms. The second-order valence-corrected chi connectivity index (χ2v) is 2.90. The maximum atomic E-state index is 11.2. The van der Waals surface area contributed by atoms with Crippen molar-refractivity contribution >= 4 is 11.9 Å². The summed E-state index contributed by atoms with van der Waals surface area (Å²) in [6, 6.07) is 1.96. The van der Waals surface area contributed by atoms with Crippen LogP contribution in [0.3, 0.4) is 0 Å². The summed E-state index contributed by atoms with van der Waals surface area (Å²) in [6.07, 6.45) is 1.38. The lowest BCUT2D eigenvalue weighted by molar-refractivity contribution is -0.142. The normalized spacial score (nSPS) is 12.1. The highest BCUT2D eigenvalue weighted by atomic mass is 16.4. The van der Waals surface area contributed by atoms with E-state index < -0.39 is 24.5 Å². The van der Waals surface area contributed by atoms with Gasteiger partial charge in [0.1, 0.15) is 11.8 Å². The zero-order valence-corrected chi connectivity index (χ0v) is 7.84. The highest BCUT2D eigenvalue weighted by molar-refractivity contribution is 5.84. The number of amides is 1. The number of aliphatic carboxylic acids is 1. The van der Waals surface area contributed by atoms with Crippen LogP contribution in [0, 0.1) is 0 Å². The molecule has 0 aromatic carbocycles. The first-order chi connectivity index (χ1) is 7.13. The summed E-state index contributed by atoms with van der Waals surface area (Å²) in [5.74, 6) is -1.34. The van der Waals surface area contributed by atoms with Gasteiger partial charge in [-0.25, -0.2) is 4.79 Å². The molecule has 0 radical (unpaired) electrons. The van der Waals surface area contributed by atoms with E-state index >= 15 is 0 Å². The van der Waals surface area contributed by atoms with Gasteiger partial charge in [-0.05, 0) is 12.1 Å². The number of aliphatic hydroxyl groups is 1. The van der Waals surface area contributed by atoms with Crippen molar-refractivity contribution in [3.05, 3.63) is 24.2 Å². The minimum absolute atomic E-state index is 0.0449. The number of furan rings is 1. The van der Waals surface area contributed by atoms with Crippen molar-refractivity contribution in [1.82, 2.24) is 5.32 Å². The molecule has 0 fully saturated rings. The summed E-state index contributed by atoms with van der Waals surface area (Å²) in [5.41, 5.74) is 0. The standard InChI is InChI=1S/C9H11NO5/c11-5-7(9(13)14)10-8(12)4-6-2-1-3-15-6/h1-3,7,11H,4-5H2,(H,10,12)(H,13,14). The molecule has 0 bridgehead atoms. The van der Waals surface area contributed by atoms with E-state index in [-0.39, 0.29) is 6.42 Å². The lowest BCUT2D eigenvalue weighted by Crippen LogP contribution is -2.43. The third-order valence-electron chi connectivity index (χ3n) is 1.73. The van der Waals surface area contributed by atoms with Gasteiger partial charge < -0.3 is 19.9 Å². The average Bonchev–Trinajstić information content (AvgIpc) is 2.66. The fourth-order valence-electron chi connectivity index (χ4n) is 1.00. The van der Waals surface area contributed by atoms with Gasteiger partial charge in [0.15, 0.2) is 0 Å². The summed E-state index contributed by atoms with van der Waals surface area (Å²) in [4.78, 5) is 21.7. The predicted molar refractivity (Wildman–Crippen MR) is 49.1 cm³/mol. The lowest BCUT2D eigenvalue weighted by atomic mass is 10.2. The molecule has 0 saturated carbocycles. The number of hydrogen-bond acceptors (Lipinski definition) is 4. The number of carboxylic acids is 1. The van der Waals surface area contributed by atoms with Crippen LogP contribution in [0.25, 0.3) is 0 Å². The summed E-state index contributed by atoms with van der Waals surface area (Å²) < 4.78 is 4.91. The summed E-state index contributed by atoms with van der Waals surface area (Å²) >= 11 is 0. The van der Waals surface area contributed by atoms with Crippen molar-refractivity contribution in [1.29, 1.82) is 0 Å². The summed E-state index contributed by atoms with van der Waals surface area (Å²) in [7, 11) is 0. The van der Waals surface area contributed by atoms with Crippen molar-refractivity contribution in [2.45, 2.75) is 12.5 Å². The molecule has 6 nitrogen and oxygen atoms in total. The van der Waals surface area contributed by atoms with Crippen LogP contribution in [0.5, 0.6) is 0 Å². The highest BCUT2D eigenvalue weighted by Crippen LogP contribution is 2.00. The number of nitrogens with one attached hydrogen (secondary N) is 1. The highest BCUT2D eigenvalue weighted by Gasteiger charge is 2.18. The number of rotatable bonds is 5. The lowest BCUT2D eigenvalue weighted by Gasteiger charge is -2.10. The molecule has 0 aliphatic heterocycles. The van der Waals surface area contributed by atoms with Crippen LogP contribution in [0.15, 0.2) is 22.8 Å². The molecule has 1 atom stereocenters. The van der Waals surface area contributed by atoms with E-state index in [0.717, 1.165) is 0 Å². The SMILES string of the molecule is O=C(Cc1ccco1)NC(CO)C(=O)O. The Labute approximate surface area is 85.5 Å². The minimum atomic E-state index is -1.27. The Balaban J connectivity index is 2.45. The summed E-state index contributed by atoms with van der Waals surface area (Å²) in [5, 5.41) is 19.4. The number of hydrogen-bond donors (Lipinski definition) is 3. The molecule has 1 amide bonds. The molecule has 3 N–H and O–H groups in total. The molecule has 82 valence electrons. The Morgan fingerprint density at radius 2 is 2.27 bits per heavy atom. The van der Waals surface area contributed by atoms with E-state index in [1.807, 2.05) is 0 Å². The first-order valence-electron chi connectivity index (χ1n) is 4.29. The van der Waals surface area contributed by atoms with Gasteiger partial charge in [0.05, 0.1) is 19.3 Å². The molecule has 15 heavy (non-hydrogen) atoms. The molecular formula is C9H11NO5. The number of carbonyl (C=O) groups is 2. The largest absolute Gasteiger partial charge is 0.480 e. The van der Waals surface area contributed by atoms with Crippen molar-refractivity contribution in [2.24, 2.45) is 0 Å². The zero-order chi connectivity index (χ0) is 11.3. The van der Waals surface area contributed by atoms with E-state index in [0.29, 0.717) is 5.76 Å². The van der Waals surface area contributed by atoms with E-state index in [2.05, 4.69) is 5.32 Å². The fraction of sp³-hybridized carbons (Fsp3) is 0.333. The minimum Gasteiger partial charge on any atom is -0.480 e. The molecule has 0 spiro atoms. The Kier molecular flexibility index (Phi) is 3.87. The Morgan fingerprint density at radius 1 is 1.53 bits per heavy atom. The smallest absolute Gasteiger partial charge is 0.328 e. The zero-order valence-electron chi connectivity index (χ0n) is 7.84. The number of aliphatic hydroxyl groups excluding tert-OH is 1. The van der Waals surface area contributed by atoms with E-state index in [4.69, 9.17) is 14.6 Å². The molecule has 1 aromatic rings. The Bertz CT molecular complexity index is 332. The van der Waals surface area contributed by atoms with Gasteiger partial charge in [0.2, 0.25) is 5.91 Å². The van der Waals surface area contributed by atoms with Crippen LogP contribution in [0.4, 0.5) is 0 Å². The van der Waals surface area contributed by atoms with Gasteiger partial charge in [-0.15, -0.1) is 0 Å². The van der Waals surface area contributed by atoms with Crippen molar-refractivity contribution in [2.75, 3.05) is 6.61 Å². The average molecular weight is 213 g/mol. The molecule has 1 rings (SSSR count). The van der Waals surface area contributed by atoms with Gasteiger partial charge in [-0.1, -0.05) is 0 Å². The van der Waals surface area contributed by atoms with Crippen LogP contribution < -0.4 is 5.32 Å². The first kappa shape index (κ1) is 11.3. The first-order valence-corrected chi connectivity index (χ1v) is 4.29. The second kappa shape index (κ2) is 5.16. The Hall–Kier alpha value is -1.82. The van der Waals surface area contributed by atoms with Gasteiger partial charge in [0, 0.05) is 0 Å². The molecule has 1 unspecified atom stereocenters. The van der Waals surface area contributed by atoms with Gasteiger partial charge in [-0.2, -0.15) is 0 Å². The van der Waals surface area contributed by atoms with Crippen LogP contribution >= 0.6 is 0 Å². The van der Waals surface area contributed by atoms with Gasteiger partial charge >= 0.3 is 5.97 Å². The monoisotopic (exact) mass is 213 g/mol. The second-order valence-electron chi connectivity index (χ2n) is 2.90. The number of carbonyl (C=O) groups excluding carboxylic acids is 1. The summed E-state index contributed by atoms with van der Waals surface area (Å²) in [6.45, 7) is -0.640. The molecule has 0 aliphatic rings. The predicted octanol–water partition coefficient (Wildman–Crippen LogP) is -0.616. The van der Waals surface area contributed by atoms with Gasteiger partial charge in [-0.3, -0.25) is 4.79 Å². The van der Waals surface area contributed by atoms with Crippen molar-refractivity contribution in [3.8, 4) is 0 Å². The van der Waals surface area contributed by atoms with E-state index in [1.165, 1.54) is 6.26 Å². The maximum Gasteiger partial charge on any atom is 0.328 e. The third-order valence-corrected chi connectivity index (χ3v) is 1.73. The maximum absolute atomic E-state index is 11.2. The fourth-order valence-corrected chi connectivity index (χ4v) is 1.00. The molecule has 0 aliphatic carbocycles. The topological polar surface area (TPSA) is 99.8 Å². The van der Waals surface area contributed by atoms with Crippen LogP contribution in [-0.4, -0.2) is 34.7 Å². The van der Waals surface area contributed by atoms with E-state index in [9.17, 15) is 9.59 Å². The van der Waals surface area contributed by atoms with Crippen LogP contribution in [0.2, 0.25) is 0 Å². The molecular weight excluding hydrogens is 202 g/mol. The van der Waals surface area contributed by atoms with E-state index in [1.54, 1.807) is 12.1 Å². The third kappa shape index (κ3) is 3.43.